The zero-order valence-electron chi connectivity index (χ0n) is 12.6. The smallest absolute Gasteiger partial charge is 0.224 e. The van der Waals surface area contributed by atoms with Gasteiger partial charge in [0.1, 0.15) is 0 Å². The summed E-state index contributed by atoms with van der Waals surface area (Å²) in [5, 5.41) is 12.6. The van der Waals surface area contributed by atoms with Gasteiger partial charge in [-0.15, -0.1) is 0 Å². The lowest BCUT2D eigenvalue weighted by molar-refractivity contribution is -0.120. The largest absolute Gasteiger partial charge is 0.493 e. The molecule has 0 saturated heterocycles. The SMILES string of the molecule is COc1ccc(CC(=O)NCC2CCCC2O)cc1OC. The number of benzene rings is 1. The van der Waals surface area contributed by atoms with E-state index in [0.717, 1.165) is 24.8 Å². The average molecular weight is 293 g/mol. The van der Waals surface area contributed by atoms with Gasteiger partial charge < -0.3 is 19.9 Å². The third-order valence-electron chi connectivity index (χ3n) is 3.99. The van der Waals surface area contributed by atoms with Gasteiger partial charge in [0.2, 0.25) is 5.91 Å². The first-order valence-electron chi connectivity index (χ1n) is 7.29. The van der Waals surface area contributed by atoms with E-state index < -0.39 is 0 Å². The van der Waals surface area contributed by atoms with Gasteiger partial charge in [0.25, 0.3) is 0 Å². The van der Waals surface area contributed by atoms with Crippen molar-refractivity contribution in [2.24, 2.45) is 5.92 Å². The Hall–Kier alpha value is -1.75. The van der Waals surface area contributed by atoms with Gasteiger partial charge in [-0.3, -0.25) is 4.79 Å². The minimum absolute atomic E-state index is 0.0404. The summed E-state index contributed by atoms with van der Waals surface area (Å²) in [5.41, 5.74) is 0.872. The molecule has 116 valence electrons. The van der Waals surface area contributed by atoms with Crippen LogP contribution in [0.2, 0.25) is 0 Å². The molecule has 2 atom stereocenters. The molecule has 0 heterocycles. The molecule has 1 aliphatic carbocycles. The van der Waals surface area contributed by atoms with Crippen molar-refractivity contribution in [1.82, 2.24) is 5.32 Å². The van der Waals surface area contributed by atoms with Gasteiger partial charge in [0, 0.05) is 12.5 Å². The van der Waals surface area contributed by atoms with Crippen LogP contribution in [0.1, 0.15) is 24.8 Å². The second-order valence-electron chi connectivity index (χ2n) is 5.43. The quantitative estimate of drug-likeness (QED) is 0.834. The van der Waals surface area contributed by atoms with Gasteiger partial charge in [-0.1, -0.05) is 12.5 Å². The Balaban J connectivity index is 1.87. The van der Waals surface area contributed by atoms with Gasteiger partial charge in [0.15, 0.2) is 11.5 Å². The molecule has 1 fully saturated rings. The van der Waals surface area contributed by atoms with Crippen molar-refractivity contribution in [3.63, 3.8) is 0 Å². The molecule has 0 radical (unpaired) electrons. The maximum Gasteiger partial charge on any atom is 0.224 e. The zero-order valence-corrected chi connectivity index (χ0v) is 12.6. The Morgan fingerprint density at radius 1 is 1.29 bits per heavy atom. The van der Waals surface area contributed by atoms with E-state index in [0.29, 0.717) is 24.5 Å². The second kappa shape index (κ2) is 7.31. The fourth-order valence-corrected chi connectivity index (χ4v) is 2.74. The van der Waals surface area contributed by atoms with E-state index in [9.17, 15) is 9.90 Å². The molecule has 1 aromatic rings. The van der Waals surface area contributed by atoms with E-state index in [1.165, 1.54) is 0 Å². The van der Waals surface area contributed by atoms with Crippen LogP contribution in [0.4, 0.5) is 0 Å². The van der Waals surface area contributed by atoms with E-state index in [2.05, 4.69) is 5.32 Å². The number of amides is 1. The third kappa shape index (κ3) is 4.11. The monoisotopic (exact) mass is 293 g/mol. The molecule has 5 nitrogen and oxygen atoms in total. The lowest BCUT2D eigenvalue weighted by atomic mass is 10.1. The van der Waals surface area contributed by atoms with Crippen molar-refractivity contribution in [3.8, 4) is 11.5 Å². The molecule has 1 saturated carbocycles. The van der Waals surface area contributed by atoms with Crippen LogP contribution in [0.5, 0.6) is 11.5 Å². The molecule has 0 aromatic heterocycles. The summed E-state index contributed by atoms with van der Waals surface area (Å²) in [4.78, 5) is 12.0. The molecule has 21 heavy (non-hydrogen) atoms. The van der Waals surface area contributed by atoms with Crippen molar-refractivity contribution in [1.29, 1.82) is 0 Å². The third-order valence-corrected chi connectivity index (χ3v) is 3.99. The molecule has 2 rings (SSSR count). The summed E-state index contributed by atoms with van der Waals surface area (Å²) in [7, 11) is 3.15. The Morgan fingerprint density at radius 2 is 2.05 bits per heavy atom. The van der Waals surface area contributed by atoms with Crippen LogP contribution in [0.25, 0.3) is 0 Å². The number of carbonyl (C=O) groups is 1. The van der Waals surface area contributed by atoms with Gasteiger partial charge in [-0.25, -0.2) is 0 Å². The number of rotatable bonds is 6. The molecule has 1 amide bonds. The van der Waals surface area contributed by atoms with Crippen molar-refractivity contribution in [2.75, 3.05) is 20.8 Å². The van der Waals surface area contributed by atoms with Gasteiger partial charge in [0.05, 0.1) is 26.7 Å². The van der Waals surface area contributed by atoms with Crippen LogP contribution in [0, 0.1) is 5.92 Å². The summed E-state index contributed by atoms with van der Waals surface area (Å²) in [5.74, 6) is 1.42. The number of carbonyl (C=O) groups excluding carboxylic acids is 1. The van der Waals surface area contributed by atoms with E-state index >= 15 is 0 Å². The Bertz CT molecular complexity index is 489. The molecular formula is C16H23NO4. The summed E-state index contributed by atoms with van der Waals surface area (Å²) in [6.45, 7) is 0.549. The van der Waals surface area contributed by atoms with Crippen LogP contribution < -0.4 is 14.8 Å². The Morgan fingerprint density at radius 3 is 2.67 bits per heavy atom. The number of aliphatic hydroxyl groups excluding tert-OH is 1. The van der Waals surface area contributed by atoms with Crippen molar-refractivity contribution in [2.45, 2.75) is 31.8 Å². The van der Waals surface area contributed by atoms with E-state index in [4.69, 9.17) is 9.47 Å². The lowest BCUT2D eigenvalue weighted by Crippen LogP contribution is -2.33. The molecule has 1 aromatic carbocycles. The first kappa shape index (κ1) is 15.6. The molecule has 0 aliphatic heterocycles. The molecule has 2 N–H and O–H groups in total. The summed E-state index contributed by atoms with van der Waals surface area (Å²) in [6, 6.07) is 5.45. The predicted octanol–water partition coefficient (Wildman–Crippen LogP) is 1.52. The van der Waals surface area contributed by atoms with Crippen LogP contribution in [-0.4, -0.2) is 37.9 Å². The molecule has 0 bridgehead atoms. The zero-order chi connectivity index (χ0) is 15.2. The summed E-state index contributed by atoms with van der Waals surface area (Å²) < 4.78 is 10.4. The second-order valence-corrected chi connectivity index (χ2v) is 5.43. The topological polar surface area (TPSA) is 67.8 Å². The van der Waals surface area contributed by atoms with Crippen molar-refractivity contribution in [3.05, 3.63) is 23.8 Å². The van der Waals surface area contributed by atoms with Gasteiger partial charge >= 0.3 is 0 Å². The Labute approximate surface area is 125 Å². The standard InChI is InChI=1S/C16H23NO4/c1-20-14-7-6-11(8-15(14)21-2)9-16(19)17-10-12-4-3-5-13(12)18/h6-8,12-13,18H,3-5,9-10H2,1-2H3,(H,17,19). The number of nitrogens with one attached hydrogen (secondary N) is 1. The van der Waals surface area contributed by atoms with Crippen molar-refractivity contribution >= 4 is 5.91 Å². The first-order chi connectivity index (χ1) is 10.1. The summed E-state index contributed by atoms with van der Waals surface area (Å²) >= 11 is 0. The summed E-state index contributed by atoms with van der Waals surface area (Å²) in [6.07, 6.45) is 2.89. The maximum absolute atomic E-state index is 12.0. The first-order valence-corrected chi connectivity index (χ1v) is 7.29. The molecule has 5 heteroatoms. The maximum atomic E-state index is 12.0. The highest BCUT2D eigenvalue weighted by Crippen LogP contribution is 2.28. The number of methoxy groups -OCH3 is 2. The van der Waals surface area contributed by atoms with Gasteiger partial charge in [-0.05, 0) is 30.5 Å². The Kier molecular flexibility index (Phi) is 5.44. The minimum atomic E-state index is -0.272. The van der Waals surface area contributed by atoms with Crippen LogP contribution in [0.3, 0.4) is 0 Å². The fraction of sp³-hybridized carbons (Fsp3) is 0.562. The number of ether oxygens (including phenoxy) is 2. The molecular weight excluding hydrogens is 270 g/mol. The fourth-order valence-electron chi connectivity index (χ4n) is 2.74. The van der Waals surface area contributed by atoms with Crippen LogP contribution >= 0.6 is 0 Å². The van der Waals surface area contributed by atoms with E-state index in [1.807, 2.05) is 12.1 Å². The van der Waals surface area contributed by atoms with Crippen LogP contribution in [0.15, 0.2) is 18.2 Å². The highest BCUT2D eigenvalue weighted by atomic mass is 16.5. The highest BCUT2D eigenvalue weighted by molar-refractivity contribution is 5.78. The van der Waals surface area contributed by atoms with Crippen LogP contribution in [-0.2, 0) is 11.2 Å². The molecule has 0 spiro atoms. The number of hydrogen-bond acceptors (Lipinski definition) is 4. The van der Waals surface area contributed by atoms with Crippen molar-refractivity contribution < 1.29 is 19.4 Å². The highest BCUT2D eigenvalue weighted by Gasteiger charge is 2.25. The minimum Gasteiger partial charge on any atom is -0.493 e. The van der Waals surface area contributed by atoms with Gasteiger partial charge in [-0.2, -0.15) is 0 Å². The van der Waals surface area contributed by atoms with E-state index in [1.54, 1.807) is 20.3 Å². The lowest BCUT2D eigenvalue weighted by Gasteiger charge is -2.15. The number of hydrogen-bond donors (Lipinski definition) is 2. The molecule has 1 aliphatic rings. The molecule has 2 unspecified atom stereocenters. The average Bonchev–Trinajstić information content (AvgIpc) is 2.90. The predicted molar refractivity (Wildman–Crippen MR) is 79.6 cm³/mol. The van der Waals surface area contributed by atoms with E-state index in [-0.39, 0.29) is 17.9 Å². The normalized spacial score (nSPS) is 21.1. The number of aliphatic hydroxyl groups is 1.